The lowest BCUT2D eigenvalue weighted by Gasteiger charge is -2.32. The Hall–Kier alpha value is -3.37. The third-order valence-corrected chi connectivity index (χ3v) is 6.04. The molecule has 34 heavy (non-hydrogen) atoms. The summed E-state index contributed by atoms with van der Waals surface area (Å²) < 4.78 is 0.979. The molecule has 176 valence electrons. The predicted octanol–water partition coefficient (Wildman–Crippen LogP) is 6.49. The summed E-state index contributed by atoms with van der Waals surface area (Å²) in [6.45, 7) is 3.37. The van der Waals surface area contributed by atoms with Crippen LogP contribution in [-0.2, 0) is 6.54 Å². The van der Waals surface area contributed by atoms with E-state index in [4.69, 9.17) is 5.26 Å². The fourth-order valence-corrected chi connectivity index (χ4v) is 4.07. The number of nitriles is 1. The standard InChI is InChI=1S/C27H30BrN5O/c1-2-7-24(10-6-17-30-26-16-11-22(18-29)20-31-26)33(25-14-12-23(28)13-15-25)27(34)32-19-21-8-4-3-5-9-21/h3-5,8-9,11-16,20,24H,2,6-7,10,17,19H2,1H3,(H,30,31)(H,32,34)/t24-/m0/s1. The Labute approximate surface area is 210 Å². The number of amides is 2. The van der Waals surface area contributed by atoms with Crippen molar-refractivity contribution in [2.24, 2.45) is 0 Å². The minimum atomic E-state index is -0.0913. The first-order valence-electron chi connectivity index (χ1n) is 11.6. The maximum Gasteiger partial charge on any atom is 0.322 e. The van der Waals surface area contributed by atoms with Crippen LogP contribution >= 0.6 is 15.9 Å². The van der Waals surface area contributed by atoms with E-state index in [0.717, 1.165) is 53.8 Å². The number of hydrogen-bond acceptors (Lipinski definition) is 4. The number of nitrogens with zero attached hydrogens (tertiary/aromatic N) is 3. The first kappa shape index (κ1) is 25.3. The number of carbonyl (C=O) groups is 1. The topological polar surface area (TPSA) is 81.1 Å². The van der Waals surface area contributed by atoms with Crippen LogP contribution in [0.3, 0.4) is 0 Å². The maximum absolute atomic E-state index is 13.4. The van der Waals surface area contributed by atoms with E-state index in [1.54, 1.807) is 12.3 Å². The second-order valence-electron chi connectivity index (χ2n) is 8.05. The number of benzene rings is 2. The average molecular weight is 520 g/mol. The number of halogens is 1. The summed E-state index contributed by atoms with van der Waals surface area (Å²) in [5.41, 5.74) is 2.49. The molecule has 0 aliphatic heterocycles. The smallest absolute Gasteiger partial charge is 0.322 e. The Balaban J connectivity index is 1.67. The first-order chi connectivity index (χ1) is 16.6. The molecule has 7 heteroatoms. The molecule has 0 aliphatic rings. The quantitative estimate of drug-likeness (QED) is 0.283. The Morgan fingerprint density at radius 1 is 1.09 bits per heavy atom. The Bertz CT molecular complexity index is 1060. The Morgan fingerprint density at radius 3 is 2.50 bits per heavy atom. The van der Waals surface area contributed by atoms with Crippen molar-refractivity contribution in [1.29, 1.82) is 5.26 Å². The van der Waals surface area contributed by atoms with Gasteiger partial charge in [0.2, 0.25) is 0 Å². The van der Waals surface area contributed by atoms with E-state index in [0.29, 0.717) is 12.1 Å². The molecule has 0 radical (unpaired) electrons. The molecule has 6 nitrogen and oxygen atoms in total. The number of pyridine rings is 1. The fraction of sp³-hybridized carbons (Fsp3) is 0.296. The number of nitrogens with one attached hydrogen (secondary N) is 2. The predicted molar refractivity (Wildman–Crippen MR) is 141 cm³/mol. The van der Waals surface area contributed by atoms with Crippen molar-refractivity contribution in [2.45, 2.75) is 45.2 Å². The lowest BCUT2D eigenvalue weighted by atomic mass is 10.0. The highest BCUT2D eigenvalue weighted by atomic mass is 79.9. The van der Waals surface area contributed by atoms with Crippen LogP contribution < -0.4 is 15.5 Å². The van der Waals surface area contributed by atoms with Gasteiger partial charge in [-0.25, -0.2) is 9.78 Å². The lowest BCUT2D eigenvalue weighted by molar-refractivity contribution is 0.242. The zero-order valence-corrected chi connectivity index (χ0v) is 21.0. The highest BCUT2D eigenvalue weighted by molar-refractivity contribution is 9.10. The van der Waals surface area contributed by atoms with Gasteiger partial charge in [-0.15, -0.1) is 0 Å². The Kier molecular flexibility index (Phi) is 9.93. The van der Waals surface area contributed by atoms with Gasteiger partial charge in [0.05, 0.1) is 5.56 Å². The number of urea groups is 1. The monoisotopic (exact) mass is 519 g/mol. The molecule has 0 bridgehead atoms. The van der Waals surface area contributed by atoms with Crippen LogP contribution in [0, 0.1) is 11.3 Å². The molecule has 1 aromatic heterocycles. The minimum absolute atomic E-state index is 0.0673. The van der Waals surface area contributed by atoms with Crippen molar-refractivity contribution in [3.8, 4) is 6.07 Å². The molecule has 0 unspecified atom stereocenters. The van der Waals surface area contributed by atoms with Gasteiger partial charge in [-0.3, -0.25) is 4.90 Å². The van der Waals surface area contributed by atoms with Crippen LogP contribution in [0.1, 0.15) is 43.7 Å². The van der Waals surface area contributed by atoms with Crippen LogP contribution in [0.5, 0.6) is 0 Å². The van der Waals surface area contributed by atoms with Gasteiger partial charge >= 0.3 is 6.03 Å². The van der Waals surface area contributed by atoms with Crippen molar-refractivity contribution >= 4 is 33.5 Å². The van der Waals surface area contributed by atoms with Gasteiger partial charge < -0.3 is 10.6 Å². The van der Waals surface area contributed by atoms with E-state index in [1.807, 2.05) is 65.6 Å². The molecule has 2 aromatic carbocycles. The minimum Gasteiger partial charge on any atom is -0.370 e. The normalized spacial score (nSPS) is 11.3. The third kappa shape index (κ3) is 7.60. The summed E-state index contributed by atoms with van der Waals surface area (Å²) in [6, 6.07) is 23.5. The molecule has 3 rings (SSSR count). The van der Waals surface area contributed by atoms with Crippen molar-refractivity contribution < 1.29 is 4.79 Å². The molecule has 0 fully saturated rings. The van der Waals surface area contributed by atoms with Crippen LogP contribution in [0.2, 0.25) is 0 Å². The van der Waals surface area contributed by atoms with E-state index in [2.05, 4.69) is 44.5 Å². The SMILES string of the molecule is CCC[C@@H](CCCNc1ccc(C#N)cn1)N(C(=O)NCc1ccccc1)c1ccc(Br)cc1. The highest BCUT2D eigenvalue weighted by Gasteiger charge is 2.24. The molecule has 1 atom stereocenters. The van der Waals surface area contributed by atoms with Gasteiger partial charge in [-0.1, -0.05) is 59.6 Å². The van der Waals surface area contributed by atoms with Crippen LogP contribution in [0.15, 0.2) is 77.4 Å². The van der Waals surface area contributed by atoms with Gasteiger partial charge in [0.25, 0.3) is 0 Å². The fourth-order valence-electron chi connectivity index (χ4n) is 3.81. The molecular formula is C27H30BrN5O. The van der Waals surface area contributed by atoms with E-state index in [-0.39, 0.29) is 12.1 Å². The van der Waals surface area contributed by atoms with Crippen LogP contribution in [-0.4, -0.2) is 23.6 Å². The van der Waals surface area contributed by atoms with Crippen molar-refractivity contribution in [1.82, 2.24) is 10.3 Å². The summed E-state index contributed by atoms with van der Waals surface area (Å²) in [4.78, 5) is 19.5. The number of rotatable bonds is 11. The van der Waals surface area contributed by atoms with Crippen molar-refractivity contribution in [2.75, 3.05) is 16.8 Å². The largest absolute Gasteiger partial charge is 0.370 e. The summed E-state index contributed by atoms with van der Waals surface area (Å²) in [6.07, 6.45) is 5.18. The van der Waals surface area contributed by atoms with E-state index in [1.165, 1.54) is 0 Å². The lowest BCUT2D eigenvalue weighted by Crippen LogP contribution is -2.46. The maximum atomic E-state index is 13.4. The van der Waals surface area contributed by atoms with Crippen LogP contribution in [0.25, 0.3) is 0 Å². The molecule has 0 aliphatic carbocycles. The summed E-state index contributed by atoms with van der Waals surface area (Å²) >= 11 is 3.49. The second-order valence-corrected chi connectivity index (χ2v) is 8.96. The molecule has 0 spiro atoms. The highest BCUT2D eigenvalue weighted by Crippen LogP contribution is 2.25. The molecule has 0 saturated heterocycles. The number of carbonyl (C=O) groups excluding carboxylic acids is 1. The molecule has 0 saturated carbocycles. The summed E-state index contributed by atoms with van der Waals surface area (Å²) in [5.74, 6) is 0.747. The van der Waals surface area contributed by atoms with E-state index in [9.17, 15) is 4.79 Å². The van der Waals surface area contributed by atoms with Gasteiger partial charge in [-0.05, 0) is 61.2 Å². The van der Waals surface area contributed by atoms with E-state index >= 15 is 0 Å². The molecule has 1 heterocycles. The zero-order chi connectivity index (χ0) is 24.2. The summed E-state index contributed by atoms with van der Waals surface area (Å²) in [7, 11) is 0. The molecule has 3 aromatic rings. The van der Waals surface area contributed by atoms with Gasteiger partial charge in [-0.2, -0.15) is 5.26 Å². The molecule has 2 N–H and O–H groups in total. The van der Waals surface area contributed by atoms with Gasteiger partial charge in [0.1, 0.15) is 11.9 Å². The van der Waals surface area contributed by atoms with Gasteiger partial charge in [0.15, 0.2) is 0 Å². The van der Waals surface area contributed by atoms with E-state index < -0.39 is 0 Å². The molecular weight excluding hydrogens is 490 g/mol. The first-order valence-corrected chi connectivity index (χ1v) is 12.4. The van der Waals surface area contributed by atoms with Crippen molar-refractivity contribution in [3.05, 3.63) is 88.5 Å². The zero-order valence-electron chi connectivity index (χ0n) is 19.4. The summed E-state index contributed by atoms with van der Waals surface area (Å²) in [5, 5.41) is 15.3. The Morgan fingerprint density at radius 2 is 1.85 bits per heavy atom. The number of aromatic nitrogens is 1. The second kappa shape index (κ2) is 13.4. The number of hydrogen-bond donors (Lipinski definition) is 2. The molecule has 2 amide bonds. The van der Waals surface area contributed by atoms with Crippen LogP contribution in [0.4, 0.5) is 16.3 Å². The van der Waals surface area contributed by atoms with Crippen molar-refractivity contribution in [3.63, 3.8) is 0 Å². The number of anilines is 2. The third-order valence-electron chi connectivity index (χ3n) is 5.51. The van der Waals surface area contributed by atoms with Gasteiger partial charge in [0, 0.05) is 35.5 Å². The average Bonchev–Trinajstić information content (AvgIpc) is 2.87.